The van der Waals surface area contributed by atoms with Crippen LogP contribution in [0.4, 0.5) is 10.1 Å². The molecule has 3 aromatic rings. The Morgan fingerprint density at radius 3 is 2.44 bits per heavy atom. The predicted molar refractivity (Wildman–Crippen MR) is 95.8 cm³/mol. The number of halogens is 1. The average molecular weight is 357 g/mol. The highest BCUT2D eigenvalue weighted by atomic mass is 32.2. The number of anilines is 1. The van der Waals surface area contributed by atoms with Gasteiger partial charge in [0.2, 0.25) is 5.91 Å². The van der Waals surface area contributed by atoms with Crippen molar-refractivity contribution in [2.45, 2.75) is 11.8 Å². The highest BCUT2D eigenvalue weighted by Gasteiger charge is 2.20. The first-order chi connectivity index (χ1) is 11.8. The SMILES string of the molecule is Cc1cc(F)ccc1NC(=O)CS(=O)(=O)c1ccc2ccccc2c1. The van der Waals surface area contributed by atoms with Crippen LogP contribution in [0.1, 0.15) is 5.56 Å². The van der Waals surface area contributed by atoms with Crippen molar-refractivity contribution in [2.24, 2.45) is 0 Å². The summed E-state index contributed by atoms with van der Waals surface area (Å²) < 4.78 is 38.1. The maximum atomic E-state index is 13.1. The monoisotopic (exact) mass is 357 g/mol. The molecule has 0 atom stereocenters. The maximum Gasteiger partial charge on any atom is 0.239 e. The summed E-state index contributed by atoms with van der Waals surface area (Å²) >= 11 is 0. The second kappa shape index (κ2) is 6.64. The fourth-order valence-electron chi connectivity index (χ4n) is 2.57. The molecule has 0 bridgehead atoms. The second-order valence-corrected chi connectivity index (χ2v) is 7.77. The van der Waals surface area contributed by atoms with Crippen LogP contribution in [-0.2, 0) is 14.6 Å². The third-order valence-corrected chi connectivity index (χ3v) is 5.48. The van der Waals surface area contributed by atoms with E-state index in [0.29, 0.717) is 11.3 Å². The molecule has 0 aliphatic rings. The molecule has 4 nitrogen and oxygen atoms in total. The molecule has 0 saturated heterocycles. The molecule has 0 unspecified atom stereocenters. The van der Waals surface area contributed by atoms with E-state index in [2.05, 4.69) is 5.32 Å². The lowest BCUT2D eigenvalue weighted by Crippen LogP contribution is -2.23. The summed E-state index contributed by atoms with van der Waals surface area (Å²) in [6.07, 6.45) is 0. The molecule has 0 heterocycles. The Bertz CT molecular complexity index is 1060. The number of aryl methyl sites for hydroxylation is 1. The topological polar surface area (TPSA) is 63.2 Å². The van der Waals surface area contributed by atoms with Crippen LogP contribution in [0.15, 0.2) is 65.6 Å². The van der Waals surface area contributed by atoms with Crippen molar-refractivity contribution in [3.63, 3.8) is 0 Å². The zero-order valence-electron chi connectivity index (χ0n) is 13.5. The van der Waals surface area contributed by atoms with Crippen molar-refractivity contribution in [1.82, 2.24) is 0 Å². The first kappa shape index (κ1) is 17.1. The summed E-state index contributed by atoms with van der Waals surface area (Å²) in [5.74, 6) is -1.76. The minimum Gasteiger partial charge on any atom is -0.325 e. The van der Waals surface area contributed by atoms with Crippen LogP contribution in [0.25, 0.3) is 10.8 Å². The summed E-state index contributed by atoms with van der Waals surface area (Å²) in [7, 11) is -3.78. The van der Waals surface area contributed by atoms with E-state index in [0.717, 1.165) is 10.8 Å². The van der Waals surface area contributed by atoms with Gasteiger partial charge in [-0.15, -0.1) is 0 Å². The first-order valence-electron chi connectivity index (χ1n) is 7.63. The Kier molecular flexibility index (Phi) is 4.55. The summed E-state index contributed by atoms with van der Waals surface area (Å²) in [6, 6.07) is 16.0. The molecule has 1 N–H and O–H groups in total. The molecule has 6 heteroatoms. The van der Waals surface area contributed by atoms with Gasteiger partial charge in [-0.05, 0) is 53.6 Å². The van der Waals surface area contributed by atoms with Gasteiger partial charge in [-0.25, -0.2) is 12.8 Å². The fraction of sp³-hybridized carbons (Fsp3) is 0.105. The number of amides is 1. The van der Waals surface area contributed by atoms with Crippen LogP contribution in [0, 0.1) is 12.7 Å². The number of sulfone groups is 1. The molecule has 0 aliphatic carbocycles. The summed E-state index contributed by atoms with van der Waals surface area (Å²) in [5.41, 5.74) is 0.913. The number of carbonyl (C=O) groups excluding carboxylic acids is 1. The molecule has 0 radical (unpaired) electrons. The Morgan fingerprint density at radius 2 is 1.72 bits per heavy atom. The molecule has 128 valence electrons. The number of hydrogen-bond donors (Lipinski definition) is 1. The van der Waals surface area contributed by atoms with Crippen molar-refractivity contribution < 1.29 is 17.6 Å². The number of rotatable bonds is 4. The quantitative estimate of drug-likeness (QED) is 0.774. The van der Waals surface area contributed by atoms with Gasteiger partial charge in [0.05, 0.1) is 4.90 Å². The minimum absolute atomic E-state index is 0.0946. The third-order valence-electron chi connectivity index (χ3n) is 3.86. The van der Waals surface area contributed by atoms with Gasteiger partial charge >= 0.3 is 0 Å². The van der Waals surface area contributed by atoms with E-state index in [4.69, 9.17) is 0 Å². The number of nitrogens with one attached hydrogen (secondary N) is 1. The largest absolute Gasteiger partial charge is 0.325 e. The van der Waals surface area contributed by atoms with Gasteiger partial charge in [-0.2, -0.15) is 0 Å². The molecule has 0 aromatic heterocycles. The average Bonchev–Trinajstić information content (AvgIpc) is 2.56. The summed E-state index contributed by atoms with van der Waals surface area (Å²) in [4.78, 5) is 12.2. The number of benzene rings is 3. The second-order valence-electron chi connectivity index (χ2n) is 5.78. The Labute approximate surface area is 145 Å². The standard InChI is InChI=1S/C19H16FNO3S/c1-13-10-16(20)7-9-18(13)21-19(22)12-25(23,24)17-8-6-14-4-2-3-5-15(14)11-17/h2-11H,12H2,1H3,(H,21,22). The van der Waals surface area contributed by atoms with Gasteiger partial charge in [0, 0.05) is 5.69 Å². The molecule has 1 amide bonds. The van der Waals surface area contributed by atoms with E-state index >= 15 is 0 Å². The van der Waals surface area contributed by atoms with Gasteiger partial charge in [-0.1, -0.05) is 30.3 Å². The van der Waals surface area contributed by atoms with Crippen molar-refractivity contribution >= 4 is 32.2 Å². The lowest BCUT2D eigenvalue weighted by Gasteiger charge is -2.09. The van der Waals surface area contributed by atoms with Gasteiger partial charge < -0.3 is 5.32 Å². The van der Waals surface area contributed by atoms with Crippen molar-refractivity contribution in [1.29, 1.82) is 0 Å². The van der Waals surface area contributed by atoms with E-state index in [1.807, 2.05) is 24.3 Å². The van der Waals surface area contributed by atoms with Crippen LogP contribution in [0.3, 0.4) is 0 Å². The van der Waals surface area contributed by atoms with Gasteiger partial charge in [0.15, 0.2) is 9.84 Å². The molecular formula is C19H16FNO3S. The van der Waals surface area contributed by atoms with Crippen molar-refractivity contribution in [3.05, 3.63) is 72.0 Å². The Morgan fingerprint density at radius 1 is 1.00 bits per heavy atom. The van der Waals surface area contributed by atoms with E-state index in [1.54, 1.807) is 19.1 Å². The van der Waals surface area contributed by atoms with Crippen LogP contribution in [0.2, 0.25) is 0 Å². The molecule has 0 saturated carbocycles. The molecular weight excluding hydrogens is 341 g/mol. The van der Waals surface area contributed by atoms with Crippen molar-refractivity contribution in [3.8, 4) is 0 Å². The smallest absolute Gasteiger partial charge is 0.239 e. The third kappa shape index (κ3) is 3.85. The molecule has 3 aromatic carbocycles. The number of fused-ring (bicyclic) bond motifs is 1. The van der Waals surface area contributed by atoms with E-state index in [-0.39, 0.29) is 4.90 Å². The highest BCUT2D eigenvalue weighted by molar-refractivity contribution is 7.92. The Hall–Kier alpha value is -2.73. The highest BCUT2D eigenvalue weighted by Crippen LogP contribution is 2.21. The molecule has 3 rings (SSSR count). The summed E-state index contributed by atoms with van der Waals surface area (Å²) in [6.45, 7) is 1.64. The van der Waals surface area contributed by atoms with Gasteiger partial charge in [0.25, 0.3) is 0 Å². The minimum atomic E-state index is -3.78. The summed E-state index contributed by atoms with van der Waals surface area (Å²) in [5, 5.41) is 4.23. The van der Waals surface area contributed by atoms with Crippen LogP contribution < -0.4 is 5.32 Å². The van der Waals surface area contributed by atoms with E-state index in [1.165, 1.54) is 24.3 Å². The lowest BCUT2D eigenvalue weighted by atomic mass is 10.1. The Balaban J connectivity index is 1.81. The van der Waals surface area contributed by atoms with Crippen LogP contribution >= 0.6 is 0 Å². The van der Waals surface area contributed by atoms with Crippen LogP contribution in [0.5, 0.6) is 0 Å². The number of carbonyl (C=O) groups is 1. The van der Waals surface area contributed by atoms with Crippen LogP contribution in [-0.4, -0.2) is 20.1 Å². The zero-order valence-corrected chi connectivity index (χ0v) is 14.3. The van der Waals surface area contributed by atoms with E-state index in [9.17, 15) is 17.6 Å². The van der Waals surface area contributed by atoms with Crippen molar-refractivity contribution in [2.75, 3.05) is 11.1 Å². The zero-order chi connectivity index (χ0) is 18.0. The molecule has 25 heavy (non-hydrogen) atoms. The molecule has 0 fully saturated rings. The normalized spacial score (nSPS) is 11.4. The van der Waals surface area contributed by atoms with Gasteiger partial charge in [-0.3, -0.25) is 4.79 Å². The predicted octanol–water partition coefficient (Wildman–Crippen LogP) is 3.70. The van der Waals surface area contributed by atoms with Gasteiger partial charge in [0.1, 0.15) is 11.6 Å². The fourth-order valence-corrected chi connectivity index (χ4v) is 3.74. The lowest BCUT2D eigenvalue weighted by molar-refractivity contribution is -0.113. The number of hydrogen-bond acceptors (Lipinski definition) is 3. The first-order valence-corrected chi connectivity index (χ1v) is 9.28. The molecule has 0 aliphatic heterocycles. The van der Waals surface area contributed by atoms with E-state index < -0.39 is 27.3 Å². The maximum absolute atomic E-state index is 13.1. The molecule has 0 spiro atoms.